The van der Waals surface area contributed by atoms with Crippen molar-refractivity contribution in [3.8, 4) is 0 Å². The van der Waals surface area contributed by atoms with E-state index in [0.717, 1.165) is 12.0 Å². The van der Waals surface area contributed by atoms with Gasteiger partial charge in [0.1, 0.15) is 0 Å². The molecule has 0 saturated heterocycles. The quantitative estimate of drug-likeness (QED) is 0.770. The average Bonchev–Trinajstić information content (AvgIpc) is 2.82. The van der Waals surface area contributed by atoms with Gasteiger partial charge in [-0.1, -0.05) is 23.7 Å². The summed E-state index contributed by atoms with van der Waals surface area (Å²) in [5.41, 5.74) is 6.31. The number of carbonyl (C=O) groups is 1. The van der Waals surface area contributed by atoms with E-state index in [0.29, 0.717) is 10.9 Å². The fourth-order valence-corrected chi connectivity index (χ4v) is 1.81. The number of hydrogen-bond donors (Lipinski definition) is 1. The maximum atomic E-state index is 10.8. The van der Waals surface area contributed by atoms with Crippen LogP contribution in [0.5, 0.6) is 0 Å². The smallest absolute Gasteiger partial charge is 0.221 e. The average molecular weight is 196 g/mol. The molecule has 1 unspecified atom stereocenters. The lowest BCUT2D eigenvalue weighted by molar-refractivity contribution is -0.119. The predicted octanol–water partition coefficient (Wildman–Crippen LogP) is 1.93. The molecule has 2 rings (SSSR count). The molecule has 2 nitrogen and oxygen atoms in total. The van der Waals surface area contributed by atoms with E-state index < -0.39 is 0 Å². The Morgan fingerprint density at radius 3 is 2.85 bits per heavy atom. The number of carbonyl (C=O) groups excluding carboxylic acids is 1. The highest BCUT2D eigenvalue weighted by Crippen LogP contribution is 2.47. The van der Waals surface area contributed by atoms with Gasteiger partial charge in [-0.15, -0.1) is 0 Å². The number of hydrogen-bond acceptors (Lipinski definition) is 1. The first-order valence-electron chi connectivity index (χ1n) is 4.23. The molecule has 0 bridgehead atoms. The second-order valence-corrected chi connectivity index (χ2v) is 3.84. The maximum Gasteiger partial charge on any atom is 0.221 e. The topological polar surface area (TPSA) is 43.1 Å². The molecule has 13 heavy (non-hydrogen) atoms. The van der Waals surface area contributed by atoms with Crippen LogP contribution in [0.3, 0.4) is 0 Å². The molecule has 1 saturated carbocycles. The number of primary amides is 1. The zero-order chi connectivity index (χ0) is 9.42. The van der Waals surface area contributed by atoms with Crippen molar-refractivity contribution in [2.75, 3.05) is 0 Å². The van der Waals surface area contributed by atoms with E-state index in [-0.39, 0.29) is 11.8 Å². The molecular formula is C10H10ClNO. The van der Waals surface area contributed by atoms with Gasteiger partial charge in [0.25, 0.3) is 0 Å². The van der Waals surface area contributed by atoms with Gasteiger partial charge in [-0.3, -0.25) is 4.79 Å². The Morgan fingerprint density at radius 1 is 1.54 bits per heavy atom. The molecule has 0 radical (unpaired) electrons. The van der Waals surface area contributed by atoms with E-state index in [1.54, 1.807) is 0 Å². The third-order valence-corrected chi connectivity index (χ3v) is 2.67. The number of halogens is 1. The molecule has 2 atom stereocenters. The third-order valence-electron chi connectivity index (χ3n) is 2.43. The van der Waals surface area contributed by atoms with Crippen molar-refractivity contribution in [3.05, 3.63) is 34.9 Å². The molecule has 2 N–H and O–H groups in total. The molecule has 1 aromatic carbocycles. The van der Waals surface area contributed by atoms with Crippen LogP contribution in [0.4, 0.5) is 0 Å². The van der Waals surface area contributed by atoms with Crippen LogP contribution in [0.2, 0.25) is 5.02 Å². The summed E-state index contributed by atoms with van der Waals surface area (Å²) in [6, 6.07) is 7.61. The monoisotopic (exact) mass is 195 g/mol. The van der Waals surface area contributed by atoms with E-state index in [1.165, 1.54) is 0 Å². The summed E-state index contributed by atoms with van der Waals surface area (Å²) in [6.07, 6.45) is 0.871. The Morgan fingerprint density at radius 2 is 2.31 bits per heavy atom. The first kappa shape index (κ1) is 8.57. The normalized spacial score (nSPS) is 25.6. The SMILES string of the molecule is NC(=O)[C@H]1CC1c1cccc(Cl)c1. The van der Waals surface area contributed by atoms with Crippen molar-refractivity contribution in [3.63, 3.8) is 0 Å². The fourth-order valence-electron chi connectivity index (χ4n) is 1.62. The van der Waals surface area contributed by atoms with Crippen molar-refractivity contribution in [2.24, 2.45) is 11.7 Å². The Bertz CT molecular complexity index is 351. The van der Waals surface area contributed by atoms with Crippen molar-refractivity contribution in [2.45, 2.75) is 12.3 Å². The number of rotatable bonds is 2. The summed E-state index contributed by atoms with van der Waals surface area (Å²) < 4.78 is 0. The van der Waals surface area contributed by atoms with Crippen LogP contribution in [0.25, 0.3) is 0 Å². The Kier molecular flexibility index (Phi) is 2.00. The molecule has 0 spiro atoms. The molecule has 1 aromatic rings. The largest absolute Gasteiger partial charge is 0.369 e. The molecule has 0 aromatic heterocycles. The van der Waals surface area contributed by atoms with E-state index >= 15 is 0 Å². The van der Waals surface area contributed by atoms with Gasteiger partial charge in [0.2, 0.25) is 5.91 Å². The van der Waals surface area contributed by atoms with Gasteiger partial charge in [0.05, 0.1) is 0 Å². The standard InChI is InChI=1S/C10H10ClNO/c11-7-3-1-2-6(4-7)8-5-9(8)10(12)13/h1-4,8-9H,5H2,(H2,12,13)/t8?,9-/m0/s1. The number of benzene rings is 1. The molecule has 1 amide bonds. The lowest BCUT2D eigenvalue weighted by atomic mass is 10.1. The van der Waals surface area contributed by atoms with Gasteiger partial charge in [-0.25, -0.2) is 0 Å². The molecular weight excluding hydrogens is 186 g/mol. The Balaban J connectivity index is 2.16. The molecule has 1 aliphatic rings. The summed E-state index contributed by atoms with van der Waals surface area (Å²) in [6.45, 7) is 0. The number of nitrogens with two attached hydrogens (primary N) is 1. The second kappa shape index (κ2) is 3.04. The second-order valence-electron chi connectivity index (χ2n) is 3.41. The lowest BCUT2D eigenvalue weighted by Crippen LogP contribution is -2.13. The van der Waals surface area contributed by atoms with E-state index in [4.69, 9.17) is 17.3 Å². The van der Waals surface area contributed by atoms with Gasteiger partial charge in [0.15, 0.2) is 0 Å². The summed E-state index contributed by atoms with van der Waals surface area (Å²) in [5.74, 6) is 0.125. The van der Waals surface area contributed by atoms with E-state index in [1.807, 2.05) is 24.3 Å². The lowest BCUT2D eigenvalue weighted by Gasteiger charge is -1.98. The molecule has 1 fully saturated rings. The highest BCUT2D eigenvalue weighted by Gasteiger charge is 2.42. The van der Waals surface area contributed by atoms with Crippen molar-refractivity contribution in [1.82, 2.24) is 0 Å². The van der Waals surface area contributed by atoms with Crippen LogP contribution in [0, 0.1) is 5.92 Å². The van der Waals surface area contributed by atoms with Gasteiger partial charge in [0, 0.05) is 10.9 Å². The van der Waals surface area contributed by atoms with Crippen LogP contribution < -0.4 is 5.73 Å². The highest BCUT2D eigenvalue weighted by molar-refractivity contribution is 6.30. The Labute approximate surface area is 81.7 Å². The van der Waals surface area contributed by atoms with Crippen molar-refractivity contribution in [1.29, 1.82) is 0 Å². The van der Waals surface area contributed by atoms with Crippen LogP contribution in [0.1, 0.15) is 17.9 Å². The van der Waals surface area contributed by atoms with E-state index in [2.05, 4.69) is 0 Å². The van der Waals surface area contributed by atoms with Crippen molar-refractivity contribution < 1.29 is 4.79 Å². The summed E-state index contributed by atoms with van der Waals surface area (Å²) in [4.78, 5) is 10.8. The van der Waals surface area contributed by atoms with Gasteiger partial charge in [-0.2, -0.15) is 0 Å². The molecule has 1 aliphatic carbocycles. The fraction of sp³-hybridized carbons (Fsp3) is 0.300. The van der Waals surface area contributed by atoms with Crippen LogP contribution in [-0.2, 0) is 4.79 Å². The molecule has 0 aliphatic heterocycles. The van der Waals surface area contributed by atoms with Crippen molar-refractivity contribution >= 4 is 17.5 Å². The Hall–Kier alpha value is -1.02. The summed E-state index contributed by atoms with van der Waals surface area (Å²) >= 11 is 5.83. The maximum absolute atomic E-state index is 10.8. The van der Waals surface area contributed by atoms with Crippen LogP contribution in [0.15, 0.2) is 24.3 Å². The summed E-state index contributed by atoms with van der Waals surface area (Å²) in [5, 5.41) is 0.715. The van der Waals surface area contributed by atoms with Gasteiger partial charge >= 0.3 is 0 Å². The predicted molar refractivity (Wildman–Crippen MR) is 51.5 cm³/mol. The minimum atomic E-state index is -0.204. The highest BCUT2D eigenvalue weighted by atomic mass is 35.5. The molecule has 3 heteroatoms. The number of amides is 1. The van der Waals surface area contributed by atoms with E-state index in [9.17, 15) is 4.79 Å². The first-order valence-corrected chi connectivity index (χ1v) is 4.61. The third kappa shape index (κ3) is 1.68. The van der Waals surface area contributed by atoms with Gasteiger partial charge < -0.3 is 5.73 Å². The minimum Gasteiger partial charge on any atom is -0.369 e. The zero-order valence-electron chi connectivity index (χ0n) is 7.03. The van der Waals surface area contributed by atoms with Gasteiger partial charge in [-0.05, 0) is 30.0 Å². The van der Waals surface area contributed by atoms with Crippen LogP contribution in [-0.4, -0.2) is 5.91 Å². The first-order chi connectivity index (χ1) is 6.18. The molecule has 68 valence electrons. The summed E-state index contributed by atoms with van der Waals surface area (Å²) in [7, 11) is 0. The molecule has 0 heterocycles. The van der Waals surface area contributed by atoms with Crippen LogP contribution >= 0.6 is 11.6 Å². The minimum absolute atomic E-state index is 0.0264. The zero-order valence-corrected chi connectivity index (χ0v) is 7.79.